The number of likely N-dealkylation sites (tertiary alicyclic amines) is 1. The number of nitrogens with one attached hydrogen (secondary N) is 2. The average Bonchev–Trinajstić information content (AvgIpc) is 3.27. The zero-order valence-electron chi connectivity index (χ0n) is 18.4. The van der Waals surface area contributed by atoms with Crippen molar-refractivity contribution < 1.29 is 29.4 Å². The minimum atomic E-state index is -1.08. The SMILES string of the molecule is CCC(C)C(NC(=O)CN)C(=O)NC(Cc1ccc(O)cc1)C(=O)N1CCCC1C(=O)O. The minimum absolute atomic E-state index is 0.0625. The van der Waals surface area contributed by atoms with Gasteiger partial charge < -0.3 is 31.5 Å². The molecule has 1 aromatic rings. The van der Waals surface area contributed by atoms with Gasteiger partial charge in [-0.15, -0.1) is 0 Å². The number of carbonyl (C=O) groups excluding carboxylic acids is 3. The van der Waals surface area contributed by atoms with Gasteiger partial charge in [-0.1, -0.05) is 32.4 Å². The third kappa shape index (κ3) is 6.43. The van der Waals surface area contributed by atoms with Gasteiger partial charge in [-0.3, -0.25) is 14.4 Å². The Hall–Kier alpha value is -3.14. The predicted octanol–water partition coefficient (Wildman–Crippen LogP) is -0.0153. The molecule has 1 fully saturated rings. The van der Waals surface area contributed by atoms with Gasteiger partial charge in [0, 0.05) is 13.0 Å². The lowest BCUT2D eigenvalue weighted by molar-refractivity contribution is -0.149. The minimum Gasteiger partial charge on any atom is -0.508 e. The topological polar surface area (TPSA) is 162 Å². The number of amides is 3. The Morgan fingerprint density at radius 1 is 1.19 bits per heavy atom. The van der Waals surface area contributed by atoms with E-state index in [-0.39, 0.29) is 31.2 Å². The summed E-state index contributed by atoms with van der Waals surface area (Å²) in [7, 11) is 0. The number of hydrogen-bond acceptors (Lipinski definition) is 6. The Morgan fingerprint density at radius 2 is 1.84 bits per heavy atom. The molecular weight excluding hydrogens is 416 g/mol. The van der Waals surface area contributed by atoms with E-state index in [1.807, 2.05) is 6.92 Å². The van der Waals surface area contributed by atoms with Gasteiger partial charge in [0.1, 0.15) is 23.9 Å². The number of aliphatic carboxylic acids is 1. The number of rotatable bonds is 10. The lowest BCUT2D eigenvalue weighted by Crippen LogP contribution is -2.58. The zero-order chi connectivity index (χ0) is 23.8. The second kappa shape index (κ2) is 11.5. The molecule has 4 unspecified atom stereocenters. The highest BCUT2D eigenvalue weighted by Crippen LogP contribution is 2.20. The van der Waals surface area contributed by atoms with Crippen molar-refractivity contribution in [3.8, 4) is 5.75 Å². The fraction of sp³-hybridized carbons (Fsp3) is 0.545. The van der Waals surface area contributed by atoms with Gasteiger partial charge >= 0.3 is 5.97 Å². The van der Waals surface area contributed by atoms with E-state index in [1.54, 1.807) is 19.1 Å². The van der Waals surface area contributed by atoms with Crippen LogP contribution in [0.5, 0.6) is 5.75 Å². The van der Waals surface area contributed by atoms with Crippen LogP contribution in [0.1, 0.15) is 38.7 Å². The molecule has 0 bridgehead atoms. The standard InChI is InChI=1S/C22H32N4O6/c1-3-13(2)19(25-18(28)12-23)20(29)24-16(11-14-6-8-15(27)9-7-14)21(30)26-10-4-5-17(26)22(31)32/h6-9,13,16-17,19,27H,3-5,10-12,23H2,1-2H3,(H,24,29)(H,25,28)(H,31,32). The third-order valence-corrected chi connectivity index (χ3v) is 5.81. The van der Waals surface area contributed by atoms with Crippen LogP contribution in [0.2, 0.25) is 0 Å². The molecule has 0 radical (unpaired) electrons. The number of hydrogen-bond donors (Lipinski definition) is 5. The van der Waals surface area contributed by atoms with E-state index in [1.165, 1.54) is 17.0 Å². The van der Waals surface area contributed by atoms with Gasteiger partial charge in [-0.05, 0) is 36.5 Å². The molecule has 32 heavy (non-hydrogen) atoms. The normalized spacial score (nSPS) is 18.5. The molecule has 0 spiro atoms. The van der Waals surface area contributed by atoms with E-state index >= 15 is 0 Å². The molecule has 1 heterocycles. The molecule has 10 nitrogen and oxygen atoms in total. The second-order valence-electron chi connectivity index (χ2n) is 8.09. The first-order chi connectivity index (χ1) is 15.2. The summed E-state index contributed by atoms with van der Waals surface area (Å²) in [5.74, 6) is -2.76. The van der Waals surface area contributed by atoms with Crippen LogP contribution >= 0.6 is 0 Å². The van der Waals surface area contributed by atoms with Gasteiger partial charge in [-0.2, -0.15) is 0 Å². The summed E-state index contributed by atoms with van der Waals surface area (Å²) >= 11 is 0. The molecule has 1 aromatic carbocycles. The fourth-order valence-electron chi connectivity index (χ4n) is 3.75. The monoisotopic (exact) mass is 448 g/mol. The first-order valence-corrected chi connectivity index (χ1v) is 10.8. The number of aromatic hydroxyl groups is 1. The molecule has 0 aromatic heterocycles. The summed E-state index contributed by atoms with van der Waals surface area (Å²) < 4.78 is 0. The molecule has 2 rings (SSSR count). The maximum atomic E-state index is 13.3. The first kappa shape index (κ1) is 25.1. The molecule has 0 saturated carbocycles. The summed E-state index contributed by atoms with van der Waals surface area (Å²) in [4.78, 5) is 51.1. The molecule has 6 N–H and O–H groups in total. The highest BCUT2D eigenvalue weighted by Gasteiger charge is 2.38. The average molecular weight is 449 g/mol. The largest absolute Gasteiger partial charge is 0.508 e. The number of carboxylic acid groups (broad SMARTS) is 1. The van der Waals surface area contributed by atoms with Crippen molar-refractivity contribution in [3.63, 3.8) is 0 Å². The number of phenols is 1. The van der Waals surface area contributed by atoms with Crippen LogP contribution < -0.4 is 16.4 Å². The van der Waals surface area contributed by atoms with E-state index in [2.05, 4.69) is 10.6 Å². The number of carboxylic acids is 1. The number of nitrogens with zero attached hydrogens (tertiary/aromatic N) is 1. The maximum absolute atomic E-state index is 13.3. The van der Waals surface area contributed by atoms with E-state index in [0.29, 0.717) is 24.8 Å². The van der Waals surface area contributed by atoms with Crippen LogP contribution in [0.15, 0.2) is 24.3 Å². The van der Waals surface area contributed by atoms with Crippen LogP contribution in [0, 0.1) is 5.92 Å². The van der Waals surface area contributed by atoms with E-state index < -0.39 is 41.8 Å². The summed E-state index contributed by atoms with van der Waals surface area (Å²) in [6.07, 6.45) is 1.62. The summed E-state index contributed by atoms with van der Waals surface area (Å²) in [6, 6.07) is 3.33. The molecular formula is C22H32N4O6. The van der Waals surface area contributed by atoms with Gasteiger partial charge in [0.25, 0.3) is 0 Å². The Balaban J connectivity index is 2.28. The summed E-state index contributed by atoms with van der Waals surface area (Å²) in [6.45, 7) is 3.69. The predicted molar refractivity (Wildman–Crippen MR) is 117 cm³/mol. The first-order valence-electron chi connectivity index (χ1n) is 10.8. The van der Waals surface area contributed by atoms with E-state index in [9.17, 15) is 29.4 Å². The lowest BCUT2D eigenvalue weighted by Gasteiger charge is -2.30. The Bertz CT molecular complexity index is 828. The van der Waals surface area contributed by atoms with Crippen LogP contribution in [0.25, 0.3) is 0 Å². The highest BCUT2D eigenvalue weighted by molar-refractivity contribution is 5.94. The number of carbonyl (C=O) groups is 4. The van der Waals surface area contributed by atoms with Crippen molar-refractivity contribution in [1.29, 1.82) is 0 Å². The van der Waals surface area contributed by atoms with Gasteiger partial charge in [0.2, 0.25) is 17.7 Å². The molecule has 0 aliphatic carbocycles. The van der Waals surface area contributed by atoms with Gasteiger partial charge in [0.05, 0.1) is 6.54 Å². The smallest absolute Gasteiger partial charge is 0.326 e. The molecule has 3 amide bonds. The zero-order valence-corrected chi connectivity index (χ0v) is 18.4. The second-order valence-corrected chi connectivity index (χ2v) is 8.09. The van der Waals surface area contributed by atoms with Crippen molar-refractivity contribution in [2.75, 3.05) is 13.1 Å². The van der Waals surface area contributed by atoms with Crippen molar-refractivity contribution >= 4 is 23.7 Å². The van der Waals surface area contributed by atoms with Crippen LogP contribution in [-0.4, -0.2) is 70.0 Å². The summed E-state index contributed by atoms with van der Waals surface area (Å²) in [5.41, 5.74) is 6.05. The number of nitrogens with two attached hydrogens (primary N) is 1. The van der Waals surface area contributed by atoms with Crippen molar-refractivity contribution in [1.82, 2.24) is 15.5 Å². The molecule has 1 saturated heterocycles. The van der Waals surface area contributed by atoms with Crippen LogP contribution in [0.3, 0.4) is 0 Å². The fourth-order valence-corrected chi connectivity index (χ4v) is 3.75. The quantitative estimate of drug-likeness (QED) is 0.336. The molecule has 4 atom stereocenters. The maximum Gasteiger partial charge on any atom is 0.326 e. The van der Waals surface area contributed by atoms with Crippen molar-refractivity contribution in [2.24, 2.45) is 11.7 Å². The van der Waals surface area contributed by atoms with Gasteiger partial charge in [0.15, 0.2) is 0 Å². The van der Waals surface area contributed by atoms with E-state index in [4.69, 9.17) is 5.73 Å². The lowest BCUT2D eigenvalue weighted by atomic mass is 9.97. The third-order valence-electron chi connectivity index (χ3n) is 5.81. The van der Waals surface area contributed by atoms with Gasteiger partial charge in [-0.25, -0.2) is 4.79 Å². The number of phenolic OH excluding ortho intramolecular Hbond substituents is 1. The summed E-state index contributed by atoms with van der Waals surface area (Å²) in [5, 5.41) is 24.3. The molecule has 10 heteroatoms. The Kier molecular flexibility index (Phi) is 9.01. The van der Waals surface area contributed by atoms with Crippen molar-refractivity contribution in [3.05, 3.63) is 29.8 Å². The van der Waals surface area contributed by atoms with Crippen LogP contribution in [-0.2, 0) is 25.6 Å². The molecule has 1 aliphatic rings. The van der Waals surface area contributed by atoms with Crippen LogP contribution in [0.4, 0.5) is 0 Å². The van der Waals surface area contributed by atoms with Crippen molar-refractivity contribution in [2.45, 2.75) is 57.7 Å². The molecule has 1 aliphatic heterocycles. The Labute approximate surface area is 187 Å². The Morgan fingerprint density at radius 3 is 2.41 bits per heavy atom. The molecule has 176 valence electrons. The highest BCUT2D eigenvalue weighted by atomic mass is 16.4. The van der Waals surface area contributed by atoms with E-state index in [0.717, 1.165) is 0 Å². The number of benzene rings is 1.